The van der Waals surface area contributed by atoms with E-state index in [0.717, 1.165) is 0 Å². The molecule has 0 atom stereocenters. The molecule has 3 rings (SSSR count). The van der Waals surface area contributed by atoms with Crippen molar-refractivity contribution in [2.75, 3.05) is 0 Å². The Kier molecular flexibility index (Phi) is 3.30. The first-order chi connectivity index (χ1) is 9.72. The summed E-state index contributed by atoms with van der Waals surface area (Å²) in [6.45, 7) is 0. The highest BCUT2D eigenvalue weighted by atomic mass is 32.1. The highest BCUT2D eigenvalue weighted by Crippen LogP contribution is 2.28. The Morgan fingerprint density at radius 2 is 1.85 bits per heavy atom. The molecule has 0 fully saturated rings. The normalized spacial score (nSPS) is 10.4. The van der Waals surface area contributed by atoms with Gasteiger partial charge in [0.05, 0.1) is 0 Å². The number of para-hydroxylation sites is 1. The molecule has 0 saturated carbocycles. The minimum atomic E-state index is -0.438. The van der Waals surface area contributed by atoms with Crippen LogP contribution in [0, 0.1) is 10.6 Å². The van der Waals surface area contributed by atoms with Crippen molar-refractivity contribution in [3.8, 4) is 22.9 Å². The van der Waals surface area contributed by atoms with Gasteiger partial charge in [-0.25, -0.2) is 4.39 Å². The number of hydrogen-bond acceptors (Lipinski definition) is 3. The van der Waals surface area contributed by atoms with Crippen molar-refractivity contribution in [3.63, 3.8) is 0 Å². The number of aromatic nitrogens is 3. The number of nitrogens with zero attached hydrogens (tertiary/aromatic N) is 1. The number of rotatable bonds is 3. The van der Waals surface area contributed by atoms with E-state index in [4.69, 9.17) is 17.0 Å². The molecular weight excluding hydrogens is 277 g/mol. The monoisotopic (exact) mass is 287 g/mol. The van der Waals surface area contributed by atoms with Gasteiger partial charge in [0.2, 0.25) is 4.77 Å². The zero-order chi connectivity index (χ0) is 13.9. The van der Waals surface area contributed by atoms with Crippen LogP contribution in [-0.4, -0.2) is 15.2 Å². The molecule has 0 unspecified atom stereocenters. The highest BCUT2D eigenvalue weighted by Gasteiger charge is 2.09. The maximum Gasteiger partial charge on any atom is 0.213 e. The average Bonchev–Trinajstić information content (AvgIpc) is 2.89. The molecule has 0 saturated heterocycles. The summed E-state index contributed by atoms with van der Waals surface area (Å²) in [5.74, 6) is 0.800. The van der Waals surface area contributed by atoms with Gasteiger partial charge in [-0.15, -0.1) is 0 Å². The van der Waals surface area contributed by atoms with E-state index in [0.29, 0.717) is 21.9 Å². The van der Waals surface area contributed by atoms with E-state index in [1.165, 1.54) is 6.07 Å². The molecule has 0 aliphatic heterocycles. The summed E-state index contributed by atoms with van der Waals surface area (Å²) >= 11 is 4.89. The second-order valence-electron chi connectivity index (χ2n) is 4.08. The molecule has 0 amide bonds. The van der Waals surface area contributed by atoms with Crippen molar-refractivity contribution in [1.29, 1.82) is 0 Å². The van der Waals surface area contributed by atoms with Crippen LogP contribution < -0.4 is 4.74 Å². The van der Waals surface area contributed by atoms with Crippen molar-refractivity contribution in [1.82, 2.24) is 15.2 Å². The molecule has 4 nitrogen and oxygen atoms in total. The van der Waals surface area contributed by atoms with Crippen LogP contribution in [-0.2, 0) is 0 Å². The lowest BCUT2D eigenvalue weighted by Gasteiger charge is -2.07. The Hall–Kier alpha value is -2.47. The van der Waals surface area contributed by atoms with Crippen molar-refractivity contribution in [3.05, 3.63) is 59.1 Å². The molecule has 100 valence electrons. The second kappa shape index (κ2) is 5.26. The number of ether oxygens (including phenoxy) is 1. The van der Waals surface area contributed by atoms with Gasteiger partial charge in [0.1, 0.15) is 5.75 Å². The first-order valence-corrected chi connectivity index (χ1v) is 6.31. The summed E-state index contributed by atoms with van der Waals surface area (Å²) in [5.41, 5.74) is 0.685. The molecular formula is C14H10FN3OS. The molecule has 20 heavy (non-hydrogen) atoms. The Balaban J connectivity index is 1.97. The summed E-state index contributed by atoms with van der Waals surface area (Å²) in [6, 6.07) is 13.5. The summed E-state index contributed by atoms with van der Waals surface area (Å²) in [6.07, 6.45) is 0. The third-order valence-corrected chi connectivity index (χ3v) is 2.87. The number of benzene rings is 2. The molecule has 1 aromatic heterocycles. The Morgan fingerprint density at radius 3 is 2.55 bits per heavy atom. The van der Waals surface area contributed by atoms with Gasteiger partial charge >= 0.3 is 0 Å². The SMILES string of the molecule is Fc1ccc(-c2nc(=S)[nH][nH]2)cc1Oc1ccccc1. The lowest BCUT2D eigenvalue weighted by atomic mass is 10.2. The minimum absolute atomic E-state index is 0.135. The Labute approximate surface area is 119 Å². The lowest BCUT2D eigenvalue weighted by Crippen LogP contribution is -1.90. The van der Waals surface area contributed by atoms with Crippen LogP contribution >= 0.6 is 12.2 Å². The van der Waals surface area contributed by atoms with E-state index in [-0.39, 0.29) is 5.75 Å². The fourth-order valence-electron chi connectivity index (χ4n) is 1.75. The maximum absolute atomic E-state index is 13.8. The summed E-state index contributed by atoms with van der Waals surface area (Å²) < 4.78 is 19.7. The predicted octanol–water partition coefficient (Wildman–Crippen LogP) is 4.07. The highest BCUT2D eigenvalue weighted by molar-refractivity contribution is 7.71. The van der Waals surface area contributed by atoms with Crippen LogP contribution in [0.25, 0.3) is 11.4 Å². The molecule has 0 spiro atoms. The van der Waals surface area contributed by atoms with Gasteiger partial charge in [-0.2, -0.15) is 4.98 Å². The van der Waals surface area contributed by atoms with Crippen LogP contribution in [0.4, 0.5) is 4.39 Å². The molecule has 0 bridgehead atoms. The molecule has 0 aliphatic carbocycles. The van der Waals surface area contributed by atoms with Crippen LogP contribution in [0.3, 0.4) is 0 Å². The van der Waals surface area contributed by atoms with E-state index in [9.17, 15) is 4.39 Å². The van der Waals surface area contributed by atoms with Crippen molar-refractivity contribution in [2.45, 2.75) is 0 Å². The fraction of sp³-hybridized carbons (Fsp3) is 0. The molecule has 0 radical (unpaired) electrons. The Morgan fingerprint density at radius 1 is 1.05 bits per heavy atom. The quantitative estimate of drug-likeness (QED) is 0.714. The fourth-order valence-corrected chi connectivity index (χ4v) is 1.89. The topological polar surface area (TPSA) is 53.7 Å². The number of halogens is 1. The molecule has 2 aromatic carbocycles. The Bertz CT molecular complexity index is 782. The van der Waals surface area contributed by atoms with Crippen molar-refractivity contribution < 1.29 is 9.13 Å². The number of H-pyrrole nitrogens is 2. The predicted molar refractivity (Wildman–Crippen MR) is 75.7 cm³/mol. The first-order valence-electron chi connectivity index (χ1n) is 5.90. The van der Waals surface area contributed by atoms with Crippen LogP contribution in [0.15, 0.2) is 48.5 Å². The van der Waals surface area contributed by atoms with Crippen LogP contribution in [0.2, 0.25) is 0 Å². The number of aromatic amines is 2. The van der Waals surface area contributed by atoms with E-state index in [1.54, 1.807) is 24.3 Å². The molecule has 2 N–H and O–H groups in total. The van der Waals surface area contributed by atoms with E-state index < -0.39 is 5.82 Å². The van der Waals surface area contributed by atoms with Gasteiger partial charge in [-0.05, 0) is 42.5 Å². The maximum atomic E-state index is 13.8. The summed E-state index contributed by atoms with van der Waals surface area (Å²) in [4.78, 5) is 4.08. The molecule has 3 aromatic rings. The number of hydrogen-bond donors (Lipinski definition) is 2. The third-order valence-electron chi connectivity index (χ3n) is 2.68. The zero-order valence-corrected chi connectivity index (χ0v) is 11.1. The average molecular weight is 287 g/mol. The number of nitrogens with one attached hydrogen (secondary N) is 2. The van der Waals surface area contributed by atoms with Gasteiger partial charge in [-0.3, -0.25) is 10.2 Å². The van der Waals surface area contributed by atoms with Gasteiger partial charge in [0, 0.05) is 5.56 Å². The largest absolute Gasteiger partial charge is 0.454 e. The smallest absolute Gasteiger partial charge is 0.213 e. The summed E-state index contributed by atoms with van der Waals surface area (Å²) in [5, 5.41) is 5.51. The standard InChI is InChI=1S/C14H10FN3OS/c15-11-7-6-9(13-16-14(20)18-17-13)8-12(11)19-10-4-2-1-3-5-10/h1-8H,(H2,16,17,18,20). The van der Waals surface area contributed by atoms with E-state index >= 15 is 0 Å². The first kappa shape index (κ1) is 12.6. The van der Waals surface area contributed by atoms with E-state index in [2.05, 4.69) is 15.2 Å². The van der Waals surface area contributed by atoms with Gasteiger partial charge in [-0.1, -0.05) is 18.2 Å². The van der Waals surface area contributed by atoms with Crippen LogP contribution in [0.5, 0.6) is 11.5 Å². The summed E-state index contributed by atoms with van der Waals surface area (Å²) in [7, 11) is 0. The molecule has 1 heterocycles. The van der Waals surface area contributed by atoms with Gasteiger partial charge < -0.3 is 4.74 Å². The zero-order valence-electron chi connectivity index (χ0n) is 10.3. The molecule has 0 aliphatic rings. The van der Waals surface area contributed by atoms with Crippen molar-refractivity contribution in [2.24, 2.45) is 0 Å². The van der Waals surface area contributed by atoms with E-state index in [1.807, 2.05) is 18.2 Å². The molecule has 6 heteroatoms. The lowest BCUT2D eigenvalue weighted by molar-refractivity contribution is 0.442. The minimum Gasteiger partial charge on any atom is -0.454 e. The third kappa shape index (κ3) is 2.60. The van der Waals surface area contributed by atoms with Crippen molar-refractivity contribution >= 4 is 12.2 Å². The van der Waals surface area contributed by atoms with Crippen LogP contribution in [0.1, 0.15) is 0 Å². The van der Waals surface area contributed by atoms with Gasteiger partial charge in [0.25, 0.3) is 0 Å². The second-order valence-corrected chi connectivity index (χ2v) is 4.46. The van der Waals surface area contributed by atoms with Gasteiger partial charge in [0.15, 0.2) is 17.4 Å².